The summed E-state index contributed by atoms with van der Waals surface area (Å²) in [5.41, 5.74) is 1.95. The van der Waals surface area contributed by atoms with Crippen LogP contribution in [0.15, 0.2) is 48.5 Å². The Morgan fingerprint density at radius 2 is 1.96 bits per heavy atom. The van der Waals surface area contributed by atoms with Gasteiger partial charge in [0, 0.05) is 17.9 Å². The highest BCUT2D eigenvalue weighted by Crippen LogP contribution is 2.41. The van der Waals surface area contributed by atoms with Crippen molar-refractivity contribution >= 4 is 6.16 Å². The lowest BCUT2D eigenvalue weighted by molar-refractivity contribution is -0.0360. The van der Waals surface area contributed by atoms with E-state index in [-0.39, 0.29) is 12.0 Å². The van der Waals surface area contributed by atoms with E-state index in [1.165, 1.54) is 0 Å². The summed E-state index contributed by atoms with van der Waals surface area (Å²) in [5.74, 6) is 0.946. The molecule has 1 aliphatic heterocycles. The van der Waals surface area contributed by atoms with Crippen molar-refractivity contribution in [1.82, 2.24) is 0 Å². The van der Waals surface area contributed by atoms with E-state index in [1.807, 2.05) is 30.3 Å². The van der Waals surface area contributed by atoms with Gasteiger partial charge in [-0.15, -0.1) is 0 Å². The molecule has 0 saturated heterocycles. The van der Waals surface area contributed by atoms with Crippen molar-refractivity contribution in [2.24, 2.45) is 0 Å². The molecule has 1 N–H and O–H groups in total. The summed E-state index contributed by atoms with van der Waals surface area (Å²) in [5, 5.41) is 9.97. The summed E-state index contributed by atoms with van der Waals surface area (Å²) in [6.07, 6.45) is -1.40. The minimum absolute atomic E-state index is 0.0328. The van der Waals surface area contributed by atoms with Crippen molar-refractivity contribution in [2.75, 3.05) is 0 Å². The zero-order valence-electron chi connectivity index (χ0n) is 13.6. The van der Waals surface area contributed by atoms with Gasteiger partial charge < -0.3 is 19.3 Å². The van der Waals surface area contributed by atoms with Gasteiger partial charge in [0.15, 0.2) is 6.29 Å². The second-order valence-corrected chi connectivity index (χ2v) is 5.99. The van der Waals surface area contributed by atoms with E-state index in [0.717, 1.165) is 11.1 Å². The van der Waals surface area contributed by atoms with Crippen LogP contribution in [0.5, 0.6) is 11.5 Å². The minimum atomic E-state index is -0.861. The summed E-state index contributed by atoms with van der Waals surface area (Å²) < 4.78 is 15.7. The van der Waals surface area contributed by atoms with Gasteiger partial charge in [-0.2, -0.15) is 0 Å². The van der Waals surface area contributed by atoms with Crippen molar-refractivity contribution < 1.29 is 24.1 Å². The largest absolute Gasteiger partial charge is 0.514 e. The highest BCUT2D eigenvalue weighted by Gasteiger charge is 2.29. The highest BCUT2D eigenvalue weighted by molar-refractivity contribution is 5.64. The lowest BCUT2D eigenvalue weighted by atomic mass is 9.86. The van der Waals surface area contributed by atoms with Gasteiger partial charge in [0.25, 0.3) is 0 Å². The van der Waals surface area contributed by atoms with Gasteiger partial charge in [0.1, 0.15) is 11.5 Å². The third kappa shape index (κ3) is 3.68. The molecule has 1 aliphatic rings. The van der Waals surface area contributed by atoms with Crippen LogP contribution < -0.4 is 9.47 Å². The van der Waals surface area contributed by atoms with Gasteiger partial charge in [0.05, 0.1) is 6.10 Å². The van der Waals surface area contributed by atoms with E-state index in [9.17, 15) is 9.90 Å². The van der Waals surface area contributed by atoms with E-state index >= 15 is 0 Å². The molecule has 2 aromatic rings. The molecule has 24 heavy (non-hydrogen) atoms. The Hall–Kier alpha value is -2.53. The van der Waals surface area contributed by atoms with Gasteiger partial charge in [-0.3, -0.25) is 0 Å². The molecule has 0 fully saturated rings. The van der Waals surface area contributed by atoms with Crippen molar-refractivity contribution in [2.45, 2.75) is 38.6 Å². The predicted octanol–water partition coefficient (Wildman–Crippen LogP) is 3.84. The van der Waals surface area contributed by atoms with Crippen LogP contribution in [0.2, 0.25) is 0 Å². The standard InChI is InChI=1S/C19H20O5/c1-12(2)22-19(21)23-14-8-9-17-16(10-14)15(11-18(20)24-17)13-6-4-3-5-7-13/h3-10,12,15,18,20H,11H2,1-2H3/t15-,18-/m1/s1. The van der Waals surface area contributed by atoms with Crippen LogP contribution in [-0.4, -0.2) is 23.7 Å². The van der Waals surface area contributed by atoms with Crippen molar-refractivity contribution in [1.29, 1.82) is 0 Å². The van der Waals surface area contributed by atoms with E-state index in [0.29, 0.717) is 17.9 Å². The Morgan fingerprint density at radius 3 is 2.67 bits per heavy atom. The second-order valence-electron chi connectivity index (χ2n) is 5.99. The molecule has 3 rings (SSSR count). The van der Waals surface area contributed by atoms with Crippen LogP contribution in [0.25, 0.3) is 0 Å². The maximum atomic E-state index is 11.7. The summed E-state index contributed by atoms with van der Waals surface area (Å²) in [4.78, 5) is 11.7. The SMILES string of the molecule is CC(C)OC(=O)Oc1ccc2c(c1)[C@@H](c1ccccc1)C[C@H](O)O2. The molecule has 0 aliphatic carbocycles. The molecule has 0 spiro atoms. The zero-order valence-corrected chi connectivity index (χ0v) is 13.6. The van der Waals surface area contributed by atoms with Crippen LogP contribution in [0.3, 0.4) is 0 Å². The number of aliphatic hydroxyl groups excluding tert-OH is 1. The monoisotopic (exact) mass is 328 g/mol. The maximum Gasteiger partial charge on any atom is 0.514 e. The topological polar surface area (TPSA) is 65.0 Å². The number of carbonyl (C=O) groups excluding carboxylic acids is 1. The zero-order chi connectivity index (χ0) is 17.1. The molecule has 126 valence electrons. The summed E-state index contributed by atoms with van der Waals surface area (Å²) in [6, 6.07) is 15.0. The number of benzene rings is 2. The number of aliphatic hydroxyl groups is 1. The van der Waals surface area contributed by atoms with Gasteiger partial charge >= 0.3 is 6.16 Å². The van der Waals surface area contributed by atoms with Gasteiger partial charge in [-0.25, -0.2) is 4.79 Å². The molecule has 2 aromatic carbocycles. The normalized spacial score (nSPS) is 19.3. The van der Waals surface area contributed by atoms with Crippen LogP contribution in [0, 0.1) is 0 Å². The fourth-order valence-corrected chi connectivity index (χ4v) is 2.81. The Labute approximate surface area is 140 Å². The summed E-state index contributed by atoms with van der Waals surface area (Å²) in [7, 11) is 0. The molecule has 0 unspecified atom stereocenters. The first-order valence-corrected chi connectivity index (χ1v) is 7.95. The molecule has 0 saturated carbocycles. The third-order valence-electron chi connectivity index (χ3n) is 3.79. The number of carbonyl (C=O) groups is 1. The molecule has 2 atom stereocenters. The van der Waals surface area contributed by atoms with Crippen LogP contribution in [0.1, 0.15) is 37.3 Å². The third-order valence-corrected chi connectivity index (χ3v) is 3.79. The first kappa shape index (κ1) is 16.3. The first-order valence-electron chi connectivity index (χ1n) is 7.95. The summed E-state index contributed by atoms with van der Waals surface area (Å²) in [6.45, 7) is 3.52. The fourth-order valence-electron chi connectivity index (χ4n) is 2.81. The molecule has 0 bridgehead atoms. The van der Waals surface area contributed by atoms with E-state index in [1.54, 1.807) is 32.0 Å². The molecule has 0 radical (unpaired) electrons. The number of ether oxygens (including phenoxy) is 3. The number of fused-ring (bicyclic) bond motifs is 1. The molecule has 1 heterocycles. The van der Waals surface area contributed by atoms with E-state index < -0.39 is 12.4 Å². The Morgan fingerprint density at radius 1 is 1.21 bits per heavy atom. The number of hydrogen-bond donors (Lipinski definition) is 1. The van der Waals surface area contributed by atoms with Crippen LogP contribution in [-0.2, 0) is 4.74 Å². The van der Waals surface area contributed by atoms with Crippen molar-refractivity contribution in [3.63, 3.8) is 0 Å². The molecular weight excluding hydrogens is 308 g/mol. The Bertz CT molecular complexity index is 711. The average molecular weight is 328 g/mol. The van der Waals surface area contributed by atoms with Crippen LogP contribution >= 0.6 is 0 Å². The first-order chi connectivity index (χ1) is 11.5. The second kappa shape index (κ2) is 6.93. The fraction of sp³-hybridized carbons (Fsp3) is 0.316. The molecule has 0 aromatic heterocycles. The van der Waals surface area contributed by atoms with E-state index in [4.69, 9.17) is 14.2 Å². The Balaban J connectivity index is 1.90. The Kier molecular flexibility index (Phi) is 4.71. The highest BCUT2D eigenvalue weighted by atomic mass is 16.7. The lowest BCUT2D eigenvalue weighted by Gasteiger charge is -2.30. The van der Waals surface area contributed by atoms with E-state index in [2.05, 4.69) is 0 Å². The van der Waals surface area contributed by atoms with Crippen LogP contribution in [0.4, 0.5) is 4.79 Å². The molecule has 5 nitrogen and oxygen atoms in total. The van der Waals surface area contributed by atoms with Crippen molar-refractivity contribution in [3.05, 3.63) is 59.7 Å². The molecule has 0 amide bonds. The predicted molar refractivity (Wildman–Crippen MR) is 88.2 cm³/mol. The van der Waals surface area contributed by atoms with Crippen molar-refractivity contribution in [3.8, 4) is 11.5 Å². The number of rotatable bonds is 3. The maximum absolute atomic E-state index is 11.7. The smallest absolute Gasteiger partial charge is 0.465 e. The molecular formula is C19H20O5. The minimum Gasteiger partial charge on any atom is -0.465 e. The van der Waals surface area contributed by atoms with Gasteiger partial charge in [0.2, 0.25) is 0 Å². The quantitative estimate of drug-likeness (QED) is 0.685. The molecule has 5 heteroatoms. The average Bonchev–Trinajstić information content (AvgIpc) is 2.54. The number of hydrogen-bond acceptors (Lipinski definition) is 5. The lowest BCUT2D eigenvalue weighted by Crippen LogP contribution is -2.25. The van der Waals surface area contributed by atoms with Gasteiger partial charge in [-0.1, -0.05) is 30.3 Å². The summed E-state index contributed by atoms with van der Waals surface area (Å²) >= 11 is 0. The van der Waals surface area contributed by atoms with Gasteiger partial charge in [-0.05, 0) is 37.6 Å².